The number of hydrogen-bond acceptors (Lipinski definition) is 3. The molecule has 0 aromatic carbocycles. The summed E-state index contributed by atoms with van der Waals surface area (Å²) in [6.07, 6.45) is 21.9. The summed E-state index contributed by atoms with van der Waals surface area (Å²) in [5, 5.41) is 0. The highest BCUT2D eigenvalue weighted by atomic mass is 16.6. The van der Waals surface area contributed by atoms with Gasteiger partial charge in [0.15, 0.2) is 0 Å². The van der Waals surface area contributed by atoms with E-state index in [1.807, 2.05) is 6.92 Å². The number of ketones is 1. The van der Waals surface area contributed by atoms with E-state index >= 15 is 0 Å². The third-order valence-corrected chi connectivity index (χ3v) is 5.95. The van der Waals surface area contributed by atoms with Crippen molar-refractivity contribution in [1.29, 1.82) is 0 Å². The molecule has 0 bridgehead atoms. The van der Waals surface area contributed by atoms with E-state index in [-0.39, 0.29) is 23.8 Å². The Balaban J connectivity index is 1.78. The molecule has 0 N–H and O–H groups in total. The molecule has 0 amide bonds. The Bertz CT molecular complexity index is 391. The number of hydrogen-bond donors (Lipinski definition) is 0. The smallest absolute Gasteiger partial charge is 0.313 e. The molecule has 1 rings (SSSR count). The van der Waals surface area contributed by atoms with Crippen molar-refractivity contribution in [2.75, 3.05) is 0 Å². The van der Waals surface area contributed by atoms with Crippen LogP contribution >= 0.6 is 0 Å². The molecule has 1 aliphatic rings. The molecule has 3 heteroatoms. The van der Waals surface area contributed by atoms with Crippen LogP contribution in [0.15, 0.2) is 0 Å². The van der Waals surface area contributed by atoms with Gasteiger partial charge in [0.25, 0.3) is 0 Å². The third-order valence-electron chi connectivity index (χ3n) is 5.95. The first-order chi connectivity index (χ1) is 13.2. The highest BCUT2D eigenvalue weighted by Gasteiger charge is 2.41. The van der Waals surface area contributed by atoms with Gasteiger partial charge in [-0.2, -0.15) is 0 Å². The summed E-state index contributed by atoms with van der Waals surface area (Å²) in [7, 11) is 0. The second-order valence-corrected chi connectivity index (χ2v) is 8.43. The van der Waals surface area contributed by atoms with Crippen LogP contribution in [-0.4, -0.2) is 17.9 Å². The van der Waals surface area contributed by atoms with E-state index in [0.29, 0.717) is 12.8 Å². The van der Waals surface area contributed by atoms with E-state index in [4.69, 9.17) is 4.74 Å². The zero-order chi connectivity index (χ0) is 19.7. The standard InChI is InChI=1S/C24H44O3/c1-3-5-6-7-8-9-10-11-12-13-14-15-16-17-18-19-21(25)20-23-22(4-2)24(26)27-23/h22-23H,3-20H2,1-2H3/t22-,23-/m0/s1. The zero-order valence-electron chi connectivity index (χ0n) is 18.1. The van der Waals surface area contributed by atoms with E-state index in [0.717, 1.165) is 19.3 Å². The molecule has 1 heterocycles. The SMILES string of the molecule is CCCCCCCCCCCCCCCCCC(=O)C[C@@H]1OC(=O)[C@H]1CC. The fourth-order valence-electron chi connectivity index (χ4n) is 4.03. The van der Waals surface area contributed by atoms with Gasteiger partial charge in [-0.3, -0.25) is 9.59 Å². The molecule has 3 nitrogen and oxygen atoms in total. The number of carbonyl (C=O) groups excluding carboxylic acids is 2. The summed E-state index contributed by atoms with van der Waals surface area (Å²) < 4.78 is 5.08. The number of carbonyl (C=O) groups is 2. The fraction of sp³-hybridized carbons (Fsp3) is 0.917. The van der Waals surface area contributed by atoms with Crippen LogP contribution in [0.5, 0.6) is 0 Å². The largest absolute Gasteiger partial charge is 0.461 e. The van der Waals surface area contributed by atoms with Crippen molar-refractivity contribution in [3.05, 3.63) is 0 Å². The van der Waals surface area contributed by atoms with Gasteiger partial charge in [0.1, 0.15) is 11.9 Å². The maximum Gasteiger partial charge on any atom is 0.313 e. The summed E-state index contributed by atoms with van der Waals surface area (Å²) in [4.78, 5) is 23.2. The second-order valence-electron chi connectivity index (χ2n) is 8.43. The Labute approximate surface area is 168 Å². The Morgan fingerprint density at radius 2 is 1.19 bits per heavy atom. The predicted molar refractivity (Wildman–Crippen MR) is 113 cm³/mol. The molecule has 1 fully saturated rings. The highest BCUT2D eigenvalue weighted by Crippen LogP contribution is 2.28. The van der Waals surface area contributed by atoms with Gasteiger partial charge in [-0.1, -0.05) is 104 Å². The monoisotopic (exact) mass is 380 g/mol. The van der Waals surface area contributed by atoms with Crippen molar-refractivity contribution < 1.29 is 14.3 Å². The van der Waals surface area contributed by atoms with Crippen molar-refractivity contribution >= 4 is 11.8 Å². The van der Waals surface area contributed by atoms with Gasteiger partial charge in [0.2, 0.25) is 0 Å². The van der Waals surface area contributed by atoms with E-state index in [2.05, 4.69) is 6.92 Å². The Morgan fingerprint density at radius 3 is 1.59 bits per heavy atom. The summed E-state index contributed by atoms with van der Waals surface area (Å²) in [5.41, 5.74) is 0. The van der Waals surface area contributed by atoms with Crippen LogP contribution in [0.3, 0.4) is 0 Å². The maximum atomic E-state index is 12.0. The lowest BCUT2D eigenvalue weighted by Crippen LogP contribution is -2.45. The Hall–Kier alpha value is -0.860. The highest BCUT2D eigenvalue weighted by molar-refractivity contribution is 5.84. The summed E-state index contributed by atoms with van der Waals surface area (Å²) in [6.45, 7) is 4.26. The van der Waals surface area contributed by atoms with Gasteiger partial charge >= 0.3 is 5.97 Å². The minimum absolute atomic E-state index is 0.0324. The van der Waals surface area contributed by atoms with Crippen LogP contribution in [0.4, 0.5) is 0 Å². The normalized spacial score (nSPS) is 19.0. The lowest BCUT2D eigenvalue weighted by atomic mass is 9.89. The molecule has 0 saturated carbocycles. The fourth-order valence-corrected chi connectivity index (χ4v) is 4.03. The number of unbranched alkanes of at least 4 members (excludes halogenated alkanes) is 14. The molecule has 2 atom stereocenters. The molecule has 158 valence electrons. The van der Waals surface area contributed by atoms with Crippen molar-refractivity contribution in [2.24, 2.45) is 5.92 Å². The average Bonchev–Trinajstić information content (AvgIpc) is 2.64. The Kier molecular flexibility index (Phi) is 14.4. The van der Waals surface area contributed by atoms with Crippen LogP contribution in [0, 0.1) is 5.92 Å². The molecular weight excluding hydrogens is 336 g/mol. The number of Topliss-reactive ketones (excluding diaryl/α,β-unsaturated/α-hetero) is 1. The lowest BCUT2D eigenvalue weighted by Gasteiger charge is -2.34. The molecular formula is C24H44O3. The zero-order valence-corrected chi connectivity index (χ0v) is 18.1. The maximum absolute atomic E-state index is 12.0. The van der Waals surface area contributed by atoms with Crippen LogP contribution in [0.1, 0.15) is 129 Å². The second kappa shape index (κ2) is 16.1. The van der Waals surface area contributed by atoms with Gasteiger partial charge in [-0.25, -0.2) is 0 Å². The molecule has 27 heavy (non-hydrogen) atoms. The van der Waals surface area contributed by atoms with E-state index < -0.39 is 0 Å². The third kappa shape index (κ3) is 11.5. The quantitative estimate of drug-likeness (QED) is 0.176. The van der Waals surface area contributed by atoms with E-state index in [1.54, 1.807) is 0 Å². The first-order valence-electron chi connectivity index (χ1n) is 11.9. The summed E-state index contributed by atoms with van der Waals surface area (Å²) >= 11 is 0. The first kappa shape index (κ1) is 24.2. The minimum atomic E-state index is -0.133. The first-order valence-corrected chi connectivity index (χ1v) is 11.9. The minimum Gasteiger partial charge on any atom is -0.461 e. The summed E-state index contributed by atoms with van der Waals surface area (Å²) in [6, 6.07) is 0. The molecule has 0 aromatic rings. The van der Waals surface area contributed by atoms with E-state index in [9.17, 15) is 9.59 Å². The van der Waals surface area contributed by atoms with Gasteiger partial charge in [-0.15, -0.1) is 0 Å². The number of rotatable bonds is 19. The van der Waals surface area contributed by atoms with Gasteiger partial charge < -0.3 is 4.74 Å². The molecule has 0 aromatic heterocycles. The molecule has 1 aliphatic heterocycles. The van der Waals surface area contributed by atoms with Gasteiger partial charge in [-0.05, 0) is 12.8 Å². The predicted octanol–water partition coefficient (Wildman–Crippen LogP) is 7.16. The molecule has 1 saturated heterocycles. The van der Waals surface area contributed by atoms with Crippen LogP contribution in [0.2, 0.25) is 0 Å². The van der Waals surface area contributed by atoms with Crippen LogP contribution in [0.25, 0.3) is 0 Å². The van der Waals surface area contributed by atoms with Crippen molar-refractivity contribution in [1.82, 2.24) is 0 Å². The van der Waals surface area contributed by atoms with Crippen molar-refractivity contribution in [2.45, 2.75) is 136 Å². The van der Waals surface area contributed by atoms with Crippen molar-refractivity contribution in [3.63, 3.8) is 0 Å². The van der Waals surface area contributed by atoms with Gasteiger partial charge in [0.05, 0.1) is 5.92 Å². The van der Waals surface area contributed by atoms with Gasteiger partial charge in [0, 0.05) is 12.8 Å². The van der Waals surface area contributed by atoms with Crippen LogP contribution < -0.4 is 0 Å². The molecule has 0 aliphatic carbocycles. The van der Waals surface area contributed by atoms with E-state index in [1.165, 1.54) is 83.5 Å². The summed E-state index contributed by atoms with van der Waals surface area (Å²) in [5.74, 6) is 0.109. The molecule has 0 spiro atoms. The Morgan fingerprint density at radius 1 is 0.741 bits per heavy atom. The molecule has 0 unspecified atom stereocenters. The lowest BCUT2D eigenvalue weighted by molar-refractivity contribution is -0.185. The molecule has 0 radical (unpaired) electrons. The van der Waals surface area contributed by atoms with Crippen LogP contribution in [-0.2, 0) is 14.3 Å². The number of esters is 1. The topological polar surface area (TPSA) is 43.4 Å². The number of cyclic esters (lactones) is 1. The van der Waals surface area contributed by atoms with Crippen molar-refractivity contribution in [3.8, 4) is 0 Å². The average molecular weight is 381 g/mol. The number of ether oxygens (including phenoxy) is 1.